The monoisotopic (exact) mass is 188 g/mol. The van der Waals surface area contributed by atoms with Crippen molar-refractivity contribution >= 4 is 18.0 Å². The molecule has 0 aliphatic heterocycles. The van der Waals surface area contributed by atoms with E-state index in [2.05, 4.69) is 0 Å². The average molecular weight is 188 g/mol. The van der Waals surface area contributed by atoms with E-state index in [1.165, 1.54) is 6.92 Å². The highest BCUT2D eigenvalue weighted by molar-refractivity contribution is 8.64. The summed E-state index contributed by atoms with van der Waals surface area (Å²) in [5.41, 5.74) is 0. The maximum absolute atomic E-state index is 10.4. The molecule has 62 valence electrons. The fourth-order valence-corrected chi connectivity index (χ4v) is 2.20. The first-order chi connectivity index (χ1) is 4.31. The Bertz CT molecular complexity index is 283. The van der Waals surface area contributed by atoms with E-state index < -0.39 is 23.8 Å². The summed E-state index contributed by atoms with van der Waals surface area (Å²) < 4.78 is 48.9. The highest BCUT2D eigenvalue weighted by atomic mass is 33.2. The van der Waals surface area contributed by atoms with Crippen molar-refractivity contribution in [2.45, 2.75) is 13.3 Å². The Labute approximate surface area is 59.1 Å². The number of hydrogen-bond donors (Lipinski definition) is 1. The van der Waals surface area contributed by atoms with Crippen LogP contribution in [0.3, 0.4) is 0 Å². The van der Waals surface area contributed by atoms with E-state index >= 15 is 0 Å². The molecule has 0 fully saturated rings. The molecule has 0 bridgehead atoms. The van der Waals surface area contributed by atoms with Gasteiger partial charge in [-0.1, -0.05) is 6.92 Å². The average Bonchev–Trinajstić information content (AvgIpc) is 1.61. The molecular weight excluding hydrogens is 180 g/mol. The van der Waals surface area contributed by atoms with Gasteiger partial charge in [-0.3, -0.25) is 4.55 Å². The molecule has 0 aromatic carbocycles. The Hall–Kier alpha value is -0.140. The summed E-state index contributed by atoms with van der Waals surface area (Å²) in [5.74, 6) is -0.536. The quantitative estimate of drug-likeness (QED) is 0.481. The molecule has 0 saturated heterocycles. The van der Waals surface area contributed by atoms with Crippen LogP contribution in [-0.2, 0) is 18.0 Å². The zero-order valence-electron chi connectivity index (χ0n) is 5.31. The lowest BCUT2D eigenvalue weighted by Gasteiger charge is -1.94. The maximum Gasteiger partial charge on any atom is 0.372 e. The van der Waals surface area contributed by atoms with Gasteiger partial charge in [0.1, 0.15) is 0 Å². The molecule has 0 saturated carbocycles. The second-order valence-corrected chi connectivity index (χ2v) is 6.86. The van der Waals surface area contributed by atoms with Gasteiger partial charge in [0.05, 0.1) is 5.75 Å². The third kappa shape index (κ3) is 2.24. The smallest absolute Gasteiger partial charge is 0.274 e. The molecule has 0 aromatic rings. The zero-order chi connectivity index (χ0) is 8.41. The second kappa shape index (κ2) is 2.85. The highest BCUT2D eigenvalue weighted by Gasteiger charge is 2.25. The summed E-state index contributed by atoms with van der Waals surface area (Å²) >= 11 is 0. The van der Waals surface area contributed by atoms with Gasteiger partial charge >= 0.3 is 9.15 Å². The molecule has 0 aliphatic rings. The lowest BCUT2D eigenvalue weighted by atomic mass is 10.6. The minimum atomic E-state index is -4.89. The van der Waals surface area contributed by atoms with E-state index in [4.69, 9.17) is 4.55 Å². The zero-order valence-corrected chi connectivity index (χ0v) is 6.94. The Kier molecular flexibility index (Phi) is 2.81. The molecule has 7 heteroatoms. The molecule has 0 unspecified atom stereocenters. The van der Waals surface area contributed by atoms with E-state index in [-0.39, 0.29) is 6.42 Å². The molecule has 5 nitrogen and oxygen atoms in total. The van der Waals surface area contributed by atoms with Gasteiger partial charge in [0.25, 0.3) is 8.87 Å². The van der Waals surface area contributed by atoms with Crippen molar-refractivity contribution in [2.24, 2.45) is 0 Å². The summed E-state index contributed by atoms with van der Waals surface area (Å²) in [6, 6.07) is 0. The van der Waals surface area contributed by atoms with Crippen LogP contribution < -0.4 is 0 Å². The maximum atomic E-state index is 10.4. The molecule has 0 spiro atoms. The van der Waals surface area contributed by atoms with Crippen molar-refractivity contribution in [3.8, 4) is 0 Å². The molecule has 10 heavy (non-hydrogen) atoms. The van der Waals surface area contributed by atoms with E-state index in [0.717, 1.165) is 0 Å². The first-order valence-electron chi connectivity index (χ1n) is 2.51. The van der Waals surface area contributed by atoms with Crippen LogP contribution in [0.25, 0.3) is 0 Å². The third-order valence-electron chi connectivity index (χ3n) is 0.775. The lowest BCUT2D eigenvalue weighted by Crippen LogP contribution is -2.17. The van der Waals surface area contributed by atoms with Gasteiger partial charge in [0, 0.05) is 0 Å². The molecular formula is C3H8O5S2. The summed E-state index contributed by atoms with van der Waals surface area (Å²) in [7, 11) is -9.21. The van der Waals surface area contributed by atoms with Gasteiger partial charge in [0.15, 0.2) is 0 Å². The van der Waals surface area contributed by atoms with E-state index in [9.17, 15) is 16.8 Å². The summed E-state index contributed by atoms with van der Waals surface area (Å²) in [6.45, 7) is 1.50. The SMILES string of the molecule is CCCS(=O)(=O)S(=O)(=O)O. The van der Waals surface area contributed by atoms with Gasteiger partial charge in [0.2, 0.25) is 0 Å². The predicted octanol–water partition coefficient (Wildman–Crippen LogP) is -0.386. The van der Waals surface area contributed by atoms with E-state index in [1.807, 2.05) is 0 Å². The van der Waals surface area contributed by atoms with Gasteiger partial charge in [-0.2, -0.15) is 8.42 Å². The largest absolute Gasteiger partial charge is 0.372 e. The van der Waals surface area contributed by atoms with Crippen molar-refractivity contribution < 1.29 is 21.4 Å². The van der Waals surface area contributed by atoms with Gasteiger partial charge in [-0.05, 0) is 6.42 Å². The molecule has 0 aliphatic carbocycles. The van der Waals surface area contributed by atoms with Crippen molar-refractivity contribution in [1.29, 1.82) is 0 Å². The molecule has 0 atom stereocenters. The Morgan fingerprint density at radius 1 is 1.20 bits per heavy atom. The van der Waals surface area contributed by atoms with Crippen molar-refractivity contribution in [1.82, 2.24) is 0 Å². The highest BCUT2D eigenvalue weighted by Crippen LogP contribution is 2.00. The van der Waals surface area contributed by atoms with Gasteiger partial charge in [-0.15, -0.1) is 0 Å². The van der Waals surface area contributed by atoms with Crippen LogP contribution in [0.2, 0.25) is 0 Å². The Morgan fingerprint density at radius 3 is 1.70 bits per heavy atom. The van der Waals surface area contributed by atoms with Crippen LogP contribution in [0.4, 0.5) is 0 Å². The van der Waals surface area contributed by atoms with Crippen molar-refractivity contribution in [2.75, 3.05) is 5.75 Å². The van der Waals surface area contributed by atoms with E-state index in [0.29, 0.717) is 0 Å². The molecule has 0 radical (unpaired) electrons. The first kappa shape index (κ1) is 9.86. The van der Waals surface area contributed by atoms with Crippen LogP contribution in [0.5, 0.6) is 0 Å². The molecule has 0 heterocycles. The van der Waals surface area contributed by atoms with Gasteiger partial charge in [-0.25, -0.2) is 8.42 Å². The molecule has 0 rings (SSSR count). The fraction of sp³-hybridized carbons (Fsp3) is 1.00. The van der Waals surface area contributed by atoms with E-state index in [1.54, 1.807) is 0 Å². The molecule has 1 N–H and O–H groups in total. The Morgan fingerprint density at radius 2 is 1.60 bits per heavy atom. The van der Waals surface area contributed by atoms with Crippen LogP contribution in [0.1, 0.15) is 13.3 Å². The van der Waals surface area contributed by atoms with Crippen LogP contribution in [-0.4, -0.2) is 27.1 Å². The van der Waals surface area contributed by atoms with Crippen LogP contribution in [0.15, 0.2) is 0 Å². The standard InChI is InChI=1S/C3H8O5S2/c1-2-3-9(4,5)10(6,7)8/h2-3H2,1H3,(H,6,7,8). The third-order valence-corrected chi connectivity index (χ3v) is 4.75. The van der Waals surface area contributed by atoms with Crippen LogP contribution >= 0.6 is 0 Å². The topological polar surface area (TPSA) is 88.5 Å². The molecule has 0 aromatic heterocycles. The summed E-state index contributed by atoms with van der Waals surface area (Å²) in [6.07, 6.45) is 0.169. The molecule has 0 amide bonds. The first-order valence-corrected chi connectivity index (χ1v) is 6.12. The summed E-state index contributed by atoms with van der Waals surface area (Å²) in [5, 5.41) is 0. The number of hydrogen-bond acceptors (Lipinski definition) is 4. The minimum Gasteiger partial charge on any atom is -0.274 e. The second-order valence-electron chi connectivity index (χ2n) is 1.69. The number of rotatable bonds is 3. The van der Waals surface area contributed by atoms with Crippen LogP contribution in [0, 0.1) is 0 Å². The summed E-state index contributed by atoms with van der Waals surface area (Å²) in [4.78, 5) is 0. The van der Waals surface area contributed by atoms with Crippen molar-refractivity contribution in [3.63, 3.8) is 0 Å². The van der Waals surface area contributed by atoms with Crippen molar-refractivity contribution in [3.05, 3.63) is 0 Å². The fourth-order valence-electron chi connectivity index (χ4n) is 0.355. The van der Waals surface area contributed by atoms with Gasteiger partial charge < -0.3 is 0 Å². The normalized spacial score (nSPS) is 13.4. The lowest BCUT2D eigenvalue weighted by molar-refractivity contribution is 0.493. The predicted molar refractivity (Wildman–Crippen MR) is 35.6 cm³/mol. The Balaban J connectivity index is 4.80. The minimum absolute atomic E-state index is 0.169.